The van der Waals surface area contributed by atoms with Gasteiger partial charge in [0.05, 0.1) is 21.1 Å². The number of quaternary nitrogens is 1. The van der Waals surface area contributed by atoms with Crippen LogP contribution in [-0.2, 0) is 4.79 Å². The second-order valence-corrected chi connectivity index (χ2v) is 8.94. The van der Waals surface area contributed by atoms with E-state index in [2.05, 4.69) is 52.5 Å². The van der Waals surface area contributed by atoms with Gasteiger partial charge < -0.3 is 9.80 Å². The lowest BCUT2D eigenvalue weighted by Crippen LogP contribution is -2.54. The number of nitrogens with zero attached hydrogens (tertiary/aromatic N) is 1. The fourth-order valence-electron chi connectivity index (χ4n) is 3.46. The lowest BCUT2D eigenvalue weighted by atomic mass is 10.1. The molecule has 3 nitrogen and oxygen atoms in total. The van der Waals surface area contributed by atoms with Crippen LogP contribution in [0.3, 0.4) is 0 Å². The van der Waals surface area contributed by atoms with Crippen molar-refractivity contribution in [3.05, 3.63) is 12.2 Å². The van der Waals surface area contributed by atoms with Crippen LogP contribution in [0.15, 0.2) is 12.2 Å². The fourth-order valence-corrected chi connectivity index (χ4v) is 3.46. The summed E-state index contributed by atoms with van der Waals surface area (Å²) in [6.45, 7) is 4.41. The summed E-state index contributed by atoms with van der Waals surface area (Å²) in [4.78, 5) is 12.1. The maximum absolute atomic E-state index is 12.1. The highest BCUT2D eigenvalue weighted by Crippen LogP contribution is 2.10. The Hall–Kier alpha value is -0.830. The topological polar surface area (TPSA) is 29.1 Å². The lowest BCUT2D eigenvalue weighted by molar-refractivity contribution is -0.898. The van der Waals surface area contributed by atoms with Gasteiger partial charge in [-0.25, -0.2) is 0 Å². The molecular weight excluding hydrogens is 332 g/mol. The van der Waals surface area contributed by atoms with E-state index >= 15 is 0 Å². The van der Waals surface area contributed by atoms with Gasteiger partial charge in [0.25, 0.3) is 0 Å². The van der Waals surface area contributed by atoms with E-state index < -0.39 is 0 Å². The molecule has 1 atom stereocenters. The monoisotopic (exact) mass is 381 g/mol. The minimum atomic E-state index is 0.215. The van der Waals surface area contributed by atoms with Crippen LogP contribution in [0.2, 0.25) is 0 Å². The SMILES string of the molecule is CCCCCCCCC=CCCCCCCCC(=O)NC(CC)[N+](C)(C)C. The van der Waals surface area contributed by atoms with Crippen LogP contribution >= 0.6 is 0 Å². The van der Waals surface area contributed by atoms with Crippen LogP contribution < -0.4 is 5.32 Å². The molecule has 0 bridgehead atoms. The molecule has 0 heterocycles. The first-order valence-corrected chi connectivity index (χ1v) is 11.7. The zero-order chi connectivity index (χ0) is 20.4. The highest BCUT2D eigenvalue weighted by atomic mass is 16.1. The van der Waals surface area contributed by atoms with E-state index in [4.69, 9.17) is 0 Å². The first-order valence-electron chi connectivity index (χ1n) is 11.7. The summed E-state index contributed by atoms with van der Waals surface area (Å²) in [6.07, 6.45) is 23.4. The molecule has 160 valence electrons. The summed E-state index contributed by atoms with van der Waals surface area (Å²) in [5.41, 5.74) is 0. The number of allylic oxidation sites excluding steroid dienone is 2. The maximum atomic E-state index is 12.1. The van der Waals surface area contributed by atoms with Crippen molar-refractivity contribution < 1.29 is 9.28 Å². The lowest BCUT2D eigenvalue weighted by Gasteiger charge is -2.33. The number of nitrogens with one attached hydrogen (secondary N) is 1. The Morgan fingerprint density at radius 2 is 1.26 bits per heavy atom. The largest absolute Gasteiger partial charge is 0.311 e. The van der Waals surface area contributed by atoms with Gasteiger partial charge in [-0.3, -0.25) is 4.79 Å². The van der Waals surface area contributed by atoms with E-state index in [9.17, 15) is 4.79 Å². The molecule has 0 aromatic rings. The van der Waals surface area contributed by atoms with Crippen LogP contribution in [0.5, 0.6) is 0 Å². The molecule has 0 aromatic carbocycles. The number of carbonyl (C=O) groups excluding carboxylic acids is 1. The molecular formula is C24H49N2O+. The standard InChI is InChI=1S/C24H48N2O/c1-6-8-9-10-11-12-13-14-15-16-17-18-19-20-21-22-24(27)25-23(7-2)26(3,4)5/h14-15,23H,6-13,16-22H2,1-5H3/p+1. The highest BCUT2D eigenvalue weighted by Gasteiger charge is 2.22. The molecule has 1 unspecified atom stereocenters. The molecule has 0 aliphatic carbocycles. The van der Waals surface area contributed by atoms with Crippen molar-refractivity contribution >= 4 is 5.91 Å². The number of unbranched alkanes of at least 4 members (excludes halogenated alkanes) is 11. The molecule has 0 rings (SSSR count). The quantitative estimate of drug-likeness (QED) is 0.123. The van der Waals surface area contributed by atoms with E-state index in [1.54, 1.807) is 0 Å². The third-order valence-corrected chi connectivity index (χ3v) is 5.31. The number of amides is 1. The summed E-state index contributed by atoms with van der Waals surface area (Å²) >= 11 is 0. The molecule has 27 heavy (non-hydrogen) atoms. The van der Waals surface area contributed by atoms with Gasteiger partial charge in [0, 0.05) is 12.8 Å². The van der Waals surface area contributed by atoms with Gasteiger partial charge in [0.1, 0.15) is 0 Å². The predicted octanol–water partition coefficient (Wildman–Crippen LogP) is 6.58. The smallest absolute Gasteiger partial charge is 0.224 e. The fraction of sp³-hybridized carbons (Fsp3) is 0.875. The molecule has 0 saturated carbocycles. The van der Waals surface area contributed by atoms with Crippen LogP contribution in [-0.4, -0.2) is 37.7 Å². The van der Waals surface area contributed by atoms with Gasteiger partial charge in [-0.15, -0.1) is 0 Å². The van der Waals surface area contributed by atoms with Crippen molar-refractivity contribution in [2.24, 2.45) is 0 Å². The van der Waals surface area contributed by atoms with Crippen molar-refractivity contribution in [2.45, 2.75) is 116 Å². The molecule has 3 heteroatoms. The zero-order valence-electron chi connectivity index (χ0n) is 19.2. The van der Waals surface area contributed by atoms with Crippen molar-refractivity contribution in [1.82, 2.24) is 5.32 Å². The molecule has 1 N–H and O–H groups in total. The molecule has 0 saturated heterocycles. The number of hydrogen-bond donors (Lipinski definition) is 1. The van der Waals surface area contributed by atoms with E-state index in [0.717, 1.165) is 17.3 Å². The Kier molecular flexibility index (Phi) is 16.7. The summed E-state index contributed by atoms with van der Waals surface area (Å²) in [5.74, 6) is 0.215. The third-order valence-electron chi connectivity index (χ3n) is 5.31. The predicted molar refractivity (Wildman–Crippen MR) is 120 cm³/mol. The van der Waals surface area contributed by atoms with Crippen molar-refractivity contribution in [2.75, 3.05) is 21.1 Å². The Morgan fingerprint density at radius 3 is 1.74 bits per heavy atom. The maximum Gasteiger partial charge on any atom is 0.224 e. The van der Waals surface area contributed by atoms with Crippen LogP contribution in [0.25, 0.3) is 0 Å². The van der Waals surface area contributed by atoms with Crippen LogP contribution in [0.1, 0.15) is 110 Å². The van der Waals surface area contributed by atoms with E-state index in [-0.39, 0.29) is 12.1 Å². The van der Waals surface area contributed by atoms with Crippen LogP contribution in [0, 0.1) is 0 Å². The molecule has 0 aliphatic rings. The van der Waals surface area contributed by atoms with E-state index in [1.807, 2.05) is 0 Å². The summed E-state index contributed by atoms with van der Waals surface area (Å²) in [7, 11) is 6.41. The Balaban J connectivity index is 3.44. The van der Waals surface area contributed by atoms with Gasteiger partial charge in [-0.2, -0.15) is 0 Å². The van der Waals surface area contributed by atoms with E-state index in [0.29, 0.717) is 6.42 Å². The van der Waals surface area contributed by atoms with Gasteiger partial charge >= 0.3 is 0 Å². The Bertz CT molecular complexity index is 371. The first-order chi connectivity index (χ1) is 12.9. The molecule has 0 aromatic heterocycles. The molecule has 0 radical (unpaired) electrons. The second-order valence-electron chi connectivity index (χ2n) is 8.94. The minimum absolute atomic E-state index is 0.215. The number of hydrogen-bond acceptors (Lipinski definition) is 1. The first kappa shape index (κ1) is 26.2. The van der Waals surface area contributed by atoms with Crippen LogP contribution in [0.4, 0.5) is 0 Å². The Morgan fingerprint density at radius 1 is 0.778 bits per heavy atom. The molecule has 0 aliphatic heterocycles. The summed E-state index contributed by atoms with van der Waals surface area (Å²) in [5, 5.41) is 3.18. The van der Waals surface area contributed by atoms with Gasteiger partial charge in [0.2, 0.25) is 5.91 Å². The third kappa shape index (κ3) is 17.0. The molecule has 1 amide bonds. The van der Waals surface area contributed by atoms with Crippen molar-refractivity contribution in [1.29, 1.82) is 0 Å². The van der Waals surface area contributed by atoms with Gasteiger partial charge in [0.15, 0.2) is 6.17 Å². The minimum Gasteiger partial charge on any atom is -0.311 e. The van der Waals surface area contributed by atoms with Crippen molar-refractivity contribution in [3.8, 4) is 0 Å². The van der Waals surface area contributed by atoms with E-state index in [1.165, 1.54) is 77.0 Å². The van der Waals surface area contributed by atoms with Gasteiger partial charge in [-0.1, -0.05) is 77.4 Å². The zero-order valence-corrected chi connectivity index (χ0v) is 19.2. The van der Waals surface area contributed by atoms with Gasteiger partial charge in [-0.05, 0) is 32.1 Å². The normalized spacial score (nSPS) is 13.2. The highest BCUT2D eigenvalue weighted by molar-refractivity contribution is 5.75. The molecule has 0 fully saturated rings. The average molecular weight is 382 g/mol. The number of rotatable bonds is 18. The number of carbonyl (C=O) groups is 1. The molecule has 0 spiro atoms. The van der Waals surface area contributed by atoms with Crippen molar-refractivity contribution in [3.63, 3.8) is 0 Å². The average Bonchev–Trinajstić information content (AvgIpc) is 2.62. The Labute approximate surface area is 170 Å². The summed E-state index contributed by atoms with van der Waals surface area (Å²) < 4.78 is 0.786. The summed E-state index contributed by atoms with van der Waals surface area (Å²) in [6, 6.07) is 0. The second kappa shape index (κ2) is 17.3.